The monoisotopic (exact) mass is 283 g/mol. The van der Waals surface area contributed by atoms with E-state index in [0.29, 0.717) is 6.61 Å². The Kier molecular flexibility index (Phi) is 5.56. The van der Waals surface area contributed by atoms with Crippen molar-refractivity contribution in [2.24, 2.45) is 0 Å². The zero-order valence-corrected chi connectivity index (χ0v) is 11.4. The number of rotatable bonds is 6. The molecule has 1 N–H and O–H groups in total. The molecule has 16 heavy (non-hydrogen) atoms. The molecule has 0 amide bonds. The van der Waals surface area contributed by atoms with Gasteiger partial charge >= 0.3 is 0 Å². The third-order valence-electron chi connectivity index (χ3n) is 2.29. The summed E-state index contributed by atoms with van der Waals surface area (Å²) in [6, 6.07) is 8.35. The standard InChI is InChI=1S/C13H18BrNO/c1-4-16-13-8-6-5-7-12(13)11(3)15-9-10(2)14/h5-8,11,15H,2,4,9H2,1,3H3. The summed E-state index contributed by atoms with van der Waals surface area (Å²) < 4.78 is 6.54. The number of hydrogen-bond acceptors (Lipinski definition) is 2. The SMILES string of the molecule is C=C(Br)CNC(C)c1ccccc1OCC. The first-order chi connectivity index (χ1) is 7.65. The first-order valence-electron chi connectivity index (χ1n) is 5.43. The lowest BCUT2D eigenvalue weighted by atomic mass is 10.1. The fourth-order valence-electron chi connectivity index (χ4n) is 1.50. The van der Waals surface area contributed by atoms with Crippen molar-refractivity contribution in [3.8, 4) is 5.75 Å². The third kappa shape index (κ3) is 3.99. The van der Waals surface area contributed by atoms with Gasteiger partial charge in [0, 0.05) is 22.6 Å². The number of para-hydroxylation sites is 1. The molecule has 0 aliphatic carbocycles. The van der Waals surface area contributed by atoms with Crippen LogP contribution in [-0.2, 0) is 0 Å². The molecular formula is C13H18BrNO. The second-order valence-corrected chi connectivity index (χ2v) is 4.71. The minimum Gasteiger partial charge on any atom is -0.494 e. The van der Waals surface area contributed by atoms with Gasteiger partial charge in [0.05, 0.1) is 6.61 Å². The number of hydrogen-bond donors (Lipinski definition) is 1. The molecule has 0 saturated carbocycles. The fraction of sp³-hybridized carbons (Fsp3) is 0.385. The number of benzene rings is 1. The maximum atomic E-state index is 5.59. The van der Waals surface area contributed by atoms with Gasteiger partial charge in [0.15, 0.2) is 0 Å². The normalized spacial score (nSPS) is 12.2. The Morgan fingerprint density at radius 2 is 2.19 bits per heavy atom. The van der Waals surface area contributed by atoms with Crippen LogP contribution in [0.5, 0.6) is 5.75 Å². The lowest BCUT2D eigenvalue weighted by Crippen LogP contribution is -2.20. The first-order valence-corrected chi connectivity index (χ1v) is 6.22. The van der Waals surface area contributed by atoms with E-state index in [4.69, 9.17) is 4.74 Å². The molecule has 3 heteroatoms. The van der Waals surface area contributed by atoms with Crippen LogP contribution < -0.4 is 10.1 Å². The van der Waals surface area contributed by atoms with Crippen LogP contribution >= 0.6 is 15.9 Å². The maximum Gasteiger partial charge on any atom is 0.124 e. The van der Waals surface area contributed by atoms with Gasteiger partial charge in [-0.05, 0) is 19.9 Å². The van der Waals surface area contributed by atoms with Gasteiger partial charge in [-0.15, -0.1) is 0 Å². The zero-order valence-electron chi connectivity index (χ0n) is 9.79. The van der Waals surface area contributed by atoms with E-state index in [1.54, 1.807) is 0 Å². The van der Waals surface area contributed by atoms with Crippen molar-refractivity contribution < 1.29 is 4.74 Å². The highest BCUT2D eigenvalue weighted by atomic mass is 79.9. The van der Waals surface area contributed by atoms with Gasteiger partial charge in [-0.3, -0.25) is 0 Å². The molecule has 1 aromatic rings. The van der Waals surface area contributed by atoms with Gasteiger partial charge in [0.25, 0.3) is 0 Å². The number of nitrogens with one attached hydrogen (secondary N) is 1. The predicted octanol–water partition coefficient (Wildman–Crippen LogP) is 3.64. The minimum atomic E-state index is 0.247. The molecule has 1 rings (SSSR count). The Bertz CT molecular complexity index is 352. The van der Waals surface area contributed by atoms with E-state index < -0.39 is 0 Å². The summed E-state index contributed by atoms with van der Waals surface area (Å²) in [6.45, 7) is 9.36. The summed E-state index contributed by atoms with van der Waals surface area (Å²) >= 11 is 3.34. The Morgan fingerprint density at radius 3 is 2.81 bits per heavy atom. The first kappa shape index (κ1) is 13.3. The average Bonchev–Trinajstić information content (AvgIpc) is 2.27. The molecule has 1 unspecified atom stereocenters. The van der Waals surface area contributed by atoms with Gasteiger partial charge in [-0.1, -0.05) is 40.7 Å². The molecule has 0 spiro atoms. The van der Waals surface area contributed by atoms with Crippen LogP contribution in [-0.4, -0.2) is 13.2 Å². The van der Waals surface area contributed by atoms with E-state index in [2.05, 4.69) is 40.8 Å². The molecule has 0 radical (unpaired) electrons. The van der Waals surface area contributed by atoms with Gasteiger partial charge in [-0.2, -0.15) is 0 Å². The molecule has 1 aromatic carbocycles. The molecule has 0 aliphatic heterocycles. The van der Waals surface area contributed by atoms with Gasteiger partial charge in [0.1, 0.15) is 5.75 Å². The lowest BCUT2D eigenvalue weighted by molar-refractivity contribution is 0.333. The molecule has 0 aliphatic rings. The second-order valence-electron chi connectivity index (χ2n) is 3.59. The molecular weight excluding hydrogens is 266 g/mol. The summed E-state index contributed by atoms with van der Waals surface area (Å²) in [6.07, 6.45) is 0. The predicted molar refractivity (Wildman–Crippen MR) is 72.1 cm³/mol. The molecule has 0 heterocycles. The Morgan fingerprint density at radius 1 is 1.50 bits per heavy atom. The molecule has 0 fully saturated rings. The summed E-state index contributed by atoms with van der Waals surface area (Å²) in [5, 5.41) is 3.37. The van der Waals surface area contributed by atoms with Crippen LogP contribution in [0.3, 0.4) is 0 Å². The van der Waals surface area contributed by atoms with Crippen molar-refractivity contribution in [3.63, 3.8) is 0 Å². The second kappa shape index (κ2) is 6.71. The van der Waals surface area contributed by atoms with E-state index in [0.717, 1.165) is 16.8 Å². The highest BCUT2D eigenvalue weighted by molar-refractivity contribution is 9.11. The molecule has 88 valence electrons. The highest BCUT2D eigenvalue weighted by Crippen LogP contribution is 2.24. The van der Waals surface area contributed by atoms with Gasteiger partial charge in [-0.25, -0.2) is 0 Å². The Hall–Kier alpha value is -0.800. The topological polar surface area (TPSA) is 21.3 Å². The van der Waals surface area contributed by atoms with Gasteiger partial charge in [0.2, 0.25) is 0 Å². The fourth-order valence-corrected chi connectivity index (χ4v) is 1.66. The molecule has 0 bridgehead atoms. The largest absolute Gasteiger partial charge is 0.494 e. The minimum absolute atomic E-state index is 0.247. The average molecular weight is 284 g/mol. The van der Waals surface area contributed by atoms with Crippen molar-refractivity contribution in [1.82, 2.24) is 5.32 Å². The highest BCUT2D eigenvalue weighted by Gasteiger charge is 2.10. The van der Waals surface area contributed by atoms with E-state index in [1.807, 2.05) is 25.1 Å². The van der Waals surface area contributed by atoms with Crippen molar-refractivity contribution >= 4 is 15.9 Å². The van der Waals surface area contributed by atoms with Crippen molar-refractivity contribution in [3.05, 3.63) is 40.9 Å². The Labute approximate surface area is 106 Å². The number of ether oxygens (including phenoxy) is 1. The van der Waals surface area contributed by atoms with Crippen LogP contribution in [0.4, 0.5) is 0 Å². The van der Waals surface area contributed by atoms with Crippen molar-refractivity contribution in [2.75, 3.05) is 13.2 Å². The summed E-state index contributed by atoms with van der Waals surface area (Å²) in [4.78, 5) is 0. The van der Waals surface area contributed by atoms with E-state index in [-0.39, 0.29) is 6.04 Å². The van der Waals surface area contributed by atoms with Crippen molar-refractivity contribution in [2.45, 2.75) is 19.9 Å². The Balaban J connectivity index is 2.73. The van der Waals surface area contributed by atoms with E-state index in [1.165, 1.54) is 5.56 Å². The molecule has 1 atom stereocenters. The smallest absolute Gasteiger partial charge is 0.124 e. The van der Waals surface area contributed by atoms with E-state index >= 15 is 0 Å². The van der Waals surface area contributed by atoms with Crippen molar-refractivity contribution in [1.29, 1.82) is 0 Å². The van der Waals surface area contributed by atoms with E-state index in [9.17, 15) is 0 Å². The van der Waals surface area contributed by atoms with Crippen LogP contribution in [0.15, 0.2) is 35.3 Å². The molecule has 0 aromatic heterocycles. The van der Waals surface area contributed by atoms with Crippen LogP contribution in [0, 0.1) is 0 Å². The molecule has 2 nitrogen and oxygen atoms in total. The summed E-state index contributed by atoms with van der Waals surface area (Å²) in [5.41, 5.74) is 1.18. The quantitative estimate of drug-likeness (QED) is 0.861. The summed E-state index contributed by atoms with van der Waals surface area (Å²) in [7, 11) is 0. The van der Waals surface area contributed by atoms with Crippen LogP contribution in [0.2, 0.25) is 0 Å². The number of halogens is 1. The third-order valence-corrected chi connectivity index (χ3v) is 2.57. The van der Waals surface area contributed by atoms with Gasteiger partial charge < -0.3 is 10.1 Å². The zero-order chi connectivity index (χ0) is 12.0. The maximum absolute atomic E-state index is 5.59. The molecule has 0 saturated heterocycles. The lowest BCUT2D eigenvalue weighted by Gasteiger charge is -2.17. The summed E-state index contributed by atoms with van der Waals surface area (Å²) in [5.74, 6) is 0.949. The van der Waals surface area contributed by atoms with Crippen LogP contribution in [0.25, 0.3) is 0 Å². The van der Waals surface area contributed by atoms with Crippen LogP contribution in [0.1, 0.15) is 25.5 Å².